The molecule has 0 bridgehead atoms. The maximum Gasteiger partial charge on any atom is 1.00 e. The van der Waals surface area contributed by atoms with Gasteiger partial charge in [0.05, 0.1) is 78.0 Å². The number of phenols is 1. The summed E-state index contributed by atoms with van der Waals surface area (Å²) < 4.78 is 36.9. The molecule has 5 N–H and O–H groups in total. The molecule has 0 fully saturated rings. The predicted octanol–water partition coefficient (Wildman–Crippen LogP) is 13.9. The van der Waals surface area contributed by atoms with Crippen LogP contribution in [0.3, 0.4) is 0 Å². The minimum Gasteiger partial charge on any atom is -0.870 e. The minimum absolute atomic E-state index is 0. The second kappa shape index (κ2) is 51.4. The van der Waals surface area contributed by atoms with Gasteiger partial charge in [-0.1, -0.05) is 76.6 Å². The minimum atomic E-state index is -1.02. The van der Waals surface area contributed by atoms with Gasteiger partial charge in [-0.3, -0.25) is 29.7 Å². The van der Waals surface area contributed by atoms with Crippen LogP contribution in [0.2, 0.25) is 0 Å². The van der Waals surface area contributed by atoms with Gasteiger partial charge in [-0.15, -0.1) is 0 Å². The molecule has 5 heterocycles. The smallest absolute Gasteiger partial charge is 0.870 e. The Morgan fingerprint density at radius 1 is 0.313 bits per heavy atom. The molecule has 0 aliphatic carbocycles. The average molecular weight is 1800 g/mol. The molecule has 15 aromatic rings. The van der Waals surface area contributed by atoms with E-state index in [9.17, 15) is 29.1 Å². The summed E-state index contributed by atoms with van der Waals surface area (Å²) in [5, 5.41) is 81.5. The first-order valence-corrected chi connectivity index (χ1v) is 40.6. The number of aromatic nitrogens is 5. The van der Waals surface area contributed by atoms with E-state index < -0.39 is 48.3 Å². The number of aromatic hydroxyl groups is 1. The van der Waals surface area contributed by atoms with E-state index in [1.165, 1.54) is 13.8 Å². The summed E-state index contributed by atoms with van der Waals surface area (Å²) in [6.07, 6.45) is 14.4. The zero-order valence-electron chi connectivity index (χ0n) is 73.0. The number of nitrogens with zero attached hydrogens (tertiary/aromatic N) is 10. The number of pyridine rings is 5. The van der Waals surface area contributed by atoms with Crippen molar-refractivity contribution in [3.05, 3.63) is 302 Å². The standard InChI is InChI=1S/2C21H18N2O3.2C19H14N2O3.C16H10N2O.C5H9BrO2.2Li.2H2O/c2*1-3-25-21(24)14(2)26-18-9-8-17-12-23-13-20(19(17)10-18)16-6-4-15(11-22)5-7-16;2*1-12(19(22)23)24-16-7-6-15-10-21-11-18(17(15)8-16)14-4-2-13(9-20)3-5-14;17-8-11-1-3-12(4-2-11)16-10-18-9-13-5-6-14(19)7-15(13)16;1-3-8-5(7)4(2)6;;;;/h2*4-10,12-14H,3H2,1-2H3;2*2-8,10-12H,1H3,(H,22,23);1-7,9-10,19H;4H,3H2,1-2H3;;;2*1H2/q;;;;;;2*+1;;/p-2/t2*14-;2*12-;;;;;;/m1010....../s1. The van der Waals surface area contributed by atoms with Gasteiger partial charge in [-0.2, -0.15) is 26.3 Å². The molecule has 0 aliphatic heterocycles. The third-order valence-electron chi connectivity index (χ3n) is 19.1. The first-order valence-electron chi connectivity index (χ1n) is 39.7. The number of nitriles is 5. The maximum absolute atomic E-state index is 11.8. The number of rotatable bonds is 21. The van der Waals surface area contributed by atoms with Gasteiger partial charge in [0.2, 0.25) is 0 Å². The summed E-state index contributed by atoms with van der Waals surface area (Å²) in [4.78, 5) is 77.1. The van der Waals surface area contributed by atoms with Crippen molar-refractivity contribution < 1.29 is 121 Å². The number of benzene rings is 10. The summed E-state index contributed by atoms with van der Waals surface area (Å²) >= 11 is 3.07. The van der Waals surface area contributed by atoms with E-state index in [2.05, 4.69) is 75.9 Å². The molecule has 0 amide bonds. The second-order valence-corrected chi connectivity index (χ2v) is 29.3. The Morgan fingerprint density at radius 2 is 0.519 bits per heavy atom. The molecule has 0 saturated carbocycles. The fraction of sp³-hybridized carbons (Fsp3) is 0.158. The Morgan fingerprint density at radius 3 is 0.718 bits per heavy atom. The van der Waals surface area contributed by atoms with Crippen LogP contribution < -0.4 is 56.7 Å². The zero-order valence-corrected chi connectivity index (χ0v) is 74.6. The van der Waals surface area contributed by atoms with Gasteiger partial charge >= 0.3 is 67.6 Å². The Hall–Kier alpha value is -15.4. The van der Waals surface area contributed by atoms with Crippen molar-refractivity contribution in [3.8, 4) is 115 Å². The number of carboxylic acid groups (broad SMARTS) is 2. The molecular weight excluding hydrogens is 1720 g/mol. The Kier molecular flexibility index (Phi) is 41.0. The van der Waals surface area contributed by atoms with E-state index in [4.69, 9.17) is 64.9 Å². The van der Waals surface area contributed by atoms with Gasteiger partial charge in [-0.25, -0.2) is 19.2 Å². The number of carboxylic acids is 2. The summed E-state index contributed by atoms with van der Waals surface area (Å²) in [6.45, 7) is 14.4. The zero-order chi connectivity index (χ0) is 91.1. The molecular formula is C101H85BrLi2N10O17. The van der Waals surface area contributed by atoms with Crippen LogP contribution in [0, 0.1) is 56.7 Å². The number of carbonyl (C=O) groups excluding carboxylic acids is 3. The van der Waals surface area contributed by atoms with Crippen molar-refractivity contribution in [2.45, 2.75) is 84.6 Å². The molecule has 0 spiro atoms. The molecule has 131 heavy (non-hydrogen) atoms. The third-order valence-corrected chi connectivity index (χ3v) is 19.5. The molecule has 30 heteroatoms. The monoisotopic (exact) mass is 1800 g/mol. The van der Waals surface area contributed by atoms with E-state index in [1.807, 2.05) is 127 Å². The van der Waals surface area contributed by atoms with E-state index in [1.54, 1.807) is 188 Å². The summed E-state index contributed by atoms with van der Waals surface area (Å²) in [5.41, 5.74) is 12.3. The molecule has 5 atom stereocenters. The van der Waals surface area contributed by atoms with Crippen LogP contribution in [0.15, 0.2) is 274 Å². The summed E-state index contributed by atoms with van der Waals surface area (Å²) in [5.74, 6) is -0.657. The van der Waals surface area contributed by atoms with Crippen LogP contribution in [0.25, 0.3) is 109 Å². The van der Waals surface area contributed by atoms with Gasteiger partial charge in [-0.05, 0) is 262 Å². The molecule has 0 saturated heterocycles. The van der Waals surface area contributed by atoms with Crippen LogP contribution in [-0.4, -0.2) is 130 Å². The Bertz CT molecular complexity index is 6370. The van der Waals surface area contributed by atoms with E-state index in [-0.39, 0.29) is 65.2 Å². The quantitative estimate of drug-likeness (QED) is 0.0260. The fourth-order valence-electron chi connectivity index (χ4n) is 12.6. The topological polar surface area (TPSA) is 454 Å². The van der Waals surface area contributed by atoms with E-state index in [0.29, 0.717) is 70.6 Å². The van der Waals surface area contributed by atoms with Crippen molar-refractivity contribution in [2.24, 2.45) is 0 Å². The number of ether oxygens (including phenoxy) is 7. The second-order valence-electron chi connectivity index (χ2n) is 27.9. The number of halogens is 1. The molecule has 15 rings (SSSR count). The van der Waals surface area contributed by atoms with Crippen molar-refractivity contribution in [1.82, 2.24) is 24.9 Å². The van der Waals surface area contributed by atoms with Crippen molar-refractivity contribution in [2.75, 3.05) is 19.8 Å². The number of hydrogen-bond acceptors (Lipinski definition) is 25. The maximum atomic E-state index is 11.8. The molecule has 650 valence electrons. The van der Waals surface area contributed by atoms with Gasteiger partial charge in [0.1, 0.15) is 33.6 Å². The van der Waals surface area contributed by atoms with Crippen molar-refractivity contribution >= 4 is 99.6 Å². The number of hydrogen-bond donors (Lipinski definition) is 3. The van der Waals surface area contributed by atoms with Crippen LogP contribution in [-0.2, 0) is 38.2 Å². The van der Waals surface area contributed by atoms with Gasteiger partial charge in [0.15, 0.2) is 24.4 Å². The van der Waals surface area contributed by atoms with Crippen LogP contribution in [0.5, 0.6) is 28.7 Å². The van der Waals surface area contributed by atoms with Crippen molar-refractivity contribution in [3.63, 3.8) is 0 Å². The number of esters is 3. The van der Waals surface area contributed by atoms with Crippen LogP contribution in [0.1, 0.15) is 83.2 Å². The predicted molar refractivity (Wildman–Crippen MR) is 489 cm³/mol. The molecule has 0 radical (unpaired) electrons. The Labute approximate surface area is 787 Å². The SMILES string of the molecule is CCOC(=O)C(C)Br.CCOC(=O)[C@@H](C)Oc1ccc2cncc(-c3ccc(C#N)cc3)c2c1.CCOC(=O)[C@H](C)Oc1ccc2cncc(-c3ccc(C#N)cc3)c2c1.C[C@@H](Oc1ccc2cncc(-c3ccc(C#N)cc3)c2c1)C(=O)O.C[C@H](Oc1ccc2cncc(-c3ccc(C#N)cc3)c2c1)C(=O)O.N#Cc1ccc(-c2cncc3ccc(O)cc23)cc1.[Li+].[Li+].[OH-].[OH-]. The van der Waals surface area contributed by atoms with E-state index >= 15 is 0 Å². The molecule has 5 aromatic heterocycles. The molecule has 27 nitrogen and oxygen atoms in total. The first-order chi connectivity index (χ1) is 61.4. The van der Waals surface area contributed by atoms with Crippen molar-refractivity contribution in [1.29, 1.82) is 26.3 Å². The Balaban J connectivity index is 0.000000246. The number of phenolic OH excluding ortho intramolecular Hbond substituents is 1. The van der Waals surface area contributed by atoms with Gasteiger partial charge in [0, 0.05) is 117 Å². The fourth-order valence-corrected chi connectivity index (χ4v) is 12.7. The average Bonchev–Trinajstić information content (AvgIpc) is 0.823. The molecule has 10 aromatic carbocycles. The number of aliphatic carboxylic acids is 2. The summed E-state index contributed by atoms with van der Waals surface area (Å²) in [6, 6.07) is 74.2. The molecule has 1 unspecified atom stereocenters. The van der Waals surface area contributed by atoms with Gasteiger partial charge < -0.3 is 59.4 Å². The number of carbonyl (C=O) groups is 5. The molecule has 0 aliphatic rings. The number of alkyl halides is 1. The van der Waals surface area contributed by atoms with E-state index in [0.717, 1.165) is 109 Å². The summed E-state index contributed by atoms with van der Waals surface area (Å²) in [7, 11) is 0. The largest absolute Gasteiger partial charge is 1.00 e. The first kappa shape index (κ1) is 104. The van der Waals surface area contributed by atoms with Gasteiger partial charge in [0.25, 0.3) is 0 Å². The van der Waals surface area contributed by atoms with Crippen LogP contribution in [0.4, 0.5) is 0 Å². The normalized spacial score (nSPS) is 11.1. The third kappa shape index (κ3) is 28.8. The van der Waals surface area contributed by atoms with Crippen LogP contribution >= 0.6 is 15.9 Å². The number of fused-ring (bicyclic) bond motifs is 5.